The fourth-order valence-electron chi connectivity index (χ4n) is 2.71. The summed E-state index contributed by atoms with van der Waals surface area (Å²) < 4.78 is 5.01. The fourth-order valence-corrected chi connectivity index (χ4v) is 2.89. The zero-order valence-electron chi connectivity index (χ0n) is 12.9. The highest BCUT2D eigenvalue weighted by molar-refractivity contribution is 6.31. The van der Waals surface area contributed by atoms with E-state index in [0.717, 1.165) is 12.0 Å². The van der Waals surface area contributed by atoms with E-state index in [9.17, 15) is 9.59 Å². The van der Waals surface area contributed by atoms with Crippen LogP contribution in [0.1, 0.15) is 44.1 Å². The summed E-state index contributed by atoms with van der Waals surface area (Å²) in [6.07, 6.45) is 6.22. The first-order valence-electron chi connectivity index (χ1n) is 7.76. The molecule has 1 aliphatic carbocycles. The van der Waals surface area contributed by atoms with Crippen LogP contribution < -0.4 is 5.32 Å². The lowest BCUT2D eigenvalue weighted by molar-refractivity contribution is -0.147. The van der Waals surface area contributed by atoms with Gasteiger partial charge in [-0.3, -0.25) is 9.59 Å². The first-order chi connectivity index (χ1) is 10.5. The van der Waals surface area contributed by atoms with Crippen LogP contribution in [0.25, 0.3) is 0 Å². The molecule has 0 aliphatic heterocycles. The molecule has 2 rings (SSSR count). The Balaban J connectivity index is 1.68. The van der Waals surface area contributed by atoms with E-state index in [1.54, 1.807) is 12.1 Å². The van der Waals surface area contributed by atoms with Crippen molar-refractivity contribution in [2.75, 3.05) is 11.9 Å². The second kappa shape index (κ2) is 8.18. The van der Waals surface area contributed by atoms with Crippen molar-refractivity contribution in [3.05, 3.63) is 28.8 Å². The third-order valence-corrected chi connectivity index (χ3v) is 4.46. The van der Waals surface area contributed by atoms with Crippen molar-refractivity contribution in [1.82, 2.24) is 0 Å². The van der Waals surface area contributed by atoms with Gasteiger partial charge in [0, 0.05) is 17.1 Å². The summed E-state index contributed by atoms with van der Waals surface area (Å²) >= 11 is 5.99. The maximum absolute atomic E-state index is 11.7. The number of anilines is 1. The summed E-state index contributed by atoms with van der Waals surface area (Å²) in [6.45, 7) is 1.63. The molecule has 4 nitrogen and oxygen atoms in total. The molecule has 1 amide bonds. The minimum Gasteiger partial charge on any atom is -0.456 e. The SMILES string of the molecule is Cc1ccc(NC(=O)COC(=O)CCC2CCCC2)cc1Cl. The summed E-state index contributed by atoms with van der Waals surface area (Å²) in [5, 5.41) is 3.25. The molecule has 120 valence electrons. The molecule has 0 radical (unpaired) electrons. The topological polar surface area (TPSA) is 55.4 Å². The Morgan fingerprint density at radius 2 is 2.05 bits per heavy atom. The van der Waals surface area contributed by atoms with Gasteiger partial charge in [0.15, 0.2) is 6.61 Å². The summed E-state index contributed by atoms with van der Waals surface area (Å²) in [5.74, 6) is -0.00537. The highest BCUT2D eigenvalue weighted by Crippen LogP contribution is 2.28. The Morgan fingerprint density at radius 1 is 1.32 bits per heavy atom. The van der Waals surface area contributed by atoms with Crippen LogP contribution in [0.4, 0.5) is 5.69 Å². The Bertz CT molecular complexity index is 539. The Labute approximate surface area is 136 Å². The van der Waals surface area contributed by atoms with Crippen LogP contribution in [0.2, 0.25) is 5.02 Å². The monoisotopic (exact) mass is 323 g/mol. The maximum Gasteiger partial charge on any atom is 0.306 e. The van der Waals surface area contributed by atoms with Crippen molar-refractivity contribution in [1.29, 1.82) is 0 Å². The number of hydrogen-bond donors (Lipinski definition) is 1. The fraction of sp³-hybridized carbons (Fsp3) is 0.529. The summed E-state index contributed by atoms with van der Waals surface area (Å²) in [5.41, 5.74) is 1.54. The average molecular weight is 324 g/mol. The van der Waals surface area contributed by atoms with Gasteiger partial charge in [0.05, 0.1) is 0 Å². The van der Waals surface area contributed by atoms with E-state index >= 15 is 0 Å². The molecule has 0 aromatic heterocycles. The van der Waals surface area contributed by atoms with E-state index in [-0.39, 0.29) is 18.5 Å². The van der Waals surface area contributed by atoms with Gasteiger partial charge in [0.1, 0.15) is 0 Å². The zero-order valence-corrected chi connectivity index (χ0v) is 13.6. The zero-order chi connectivity index (χ0) is 15.9. The number of ether oxygens (including phenoxy) is 1. The third kappa shape index (κ3) is 5.34. The minimum atomic E-state index is -0.353. The minimum absolute atomic E-state index is 0.255. The number of rotatable bonds is 6. The molecule has 22 heavy (non-hydrogen) atoms. The highest BCUT2D eigenvalue weighted by atomic mass is 35.5. The van der Waals surface area contributed by atoms with Gasteiger partial charge in [-0.15, -0.1) is 0 Å². The van der Waals surface area contributed by atoms with Crippen LogP contribution in [0.15, 0.2) is 18.2 Å². The number of hydrogen-bond acceptors (Lipinski definition) is 3. The number of benzene rings is 1. The van der Waals surface area contributed by atoms with E-state index in [1.807, 2.05) is 13.0 Å². The normalized spacial score (nSPS) is 14.8. The molecule has 1 aromatic carbocycles. The van der Waals surface area contributed by atoms with E-state index in [0.29, 0.717) is 23.0 Å². The Hall–Kier alpha value is -1.55. The first kappa shape index (κ1) is 16.8. The number of halogens is 1. The van der Waals surface area contributed by atoms with Crippen molar-refractivity contribution >= 4 is 29.2 Å². The number of esters is 1. The highest BCUT2D eigenvalue weighted by Gasteiger charge is 2.17. The largest absolute Gasteiger partial charge is 0.456 e. The van der Waals surface area contributed by atoms with Gasteiger partial charge in [-0.2, -0.15) is 0 Å². The standard InChI is InChI=1S/C17H22ClNO3/c1-12-6-8-14(10-15(12)18)19-16(20)11-22-17(21)9-7-13-4-2-3-5-13/h6,8,10,13H,2-5,7,9,11H2,1H3,(H,19,20). The molecule has 0 bridgehead atoms. The molecule has 1 saturated carbocycles. The molecular formula is C17H22ClNO3. The predicted octanol–water partition coefficient (Wildman–Crippen LogP) is 4.10. The lowest BCUT2D eigenvalue weighted by atomic mass is 10.0. The van der Waals surface area contributed by atoms with Crippen molar-refractivity contribution in [3.8, 4) is 0 Å². The second-order valence-electron chi connectivity index (χ2n) is 5.86. The van der Waals surface area contributed by atoms with Crippen LogP contribution in [0, 0.1) is 12.8 Å². The number of carbonyl (C=O) groups is 2. The molecule has 0 spiro atoms. The van der Waals surface area contributed by atoms with Crippen LogP contribution >= 0.6 is 11.6 Å². The van der Waals surface area contributed by atoms with Crippen molar-refractivity contribution in [2.24, 2.45) is 5.92 Å². The number of carbonyl (C=O) groups excluding carboxylic acids is 2. The van der Waals surface area contributed by atoms with Crippen LogP contribution in [0.3, 0.4) is 0 Å². The lowest BCUT2D eigenvalue weighted by Gasteiger charge is -2.09. The third-order valence-electron chi connectivity index (χ3n) is 4.05. The number of amides is 1. The van der Waals surface area contributed by atoms with Gasteiger partial charge in [0.25, 0.3) is 5.91 Å². The molecule has 0 atom stereocenters. The first-order valence-corrected chi connectivity index (χ1v) is 8.14. The molecule has 1 fully saturated rings. The van der Waals surface area contributed by atoms with Gasteiger partial charge in [0.2, 0.25) is 0 Å². The van der Waals surface area contributed by atoms with Crippen LogP contribution in [-0.4, -0.2) is 18.5 Å². The van der Waals surface area contributed by atoms with Gasteiger partial charge >= 0.3 is 5.97 Å². The molecule has 1 aromatic rings. The van der Waals surface area contributed by atoms with E-state index < -0.39 is 0 Å². The van der Waals surface area contributed by atoms with Gasteiger partial charge in [-0.1, -0.05) is 43.4 Å². The molecule has 1 N–H and O–H groups in total. The lowest BCUT2D eigenvalue weighted by Crippen LogP contribution is -2.21. The number of aryl methyl sites for hydroxylation is 1. The summed E-state index contributed by atoms with van der Waals surface area (Å²) in [4.78, 5) is 23.4. The van der Waals surface area contributed by atoms with Crippen LogP contribution in [0.5, 0.6) is 0 Å². The van der Waals surface area contributed by atoms with E-state index in [2.05, 4.69) is 5.32 Å². The molecule has 0 unspecified atom stereocenters. The average Bonchev–Trinajstić information content (AvgIpc) is 3.00. The number of nitrogens with one attached hydrogen (secondary N) is 1. The van der Waals surface area contributed by atoms with E-state index in [4.69, 9.17) is 16.3 Å². The van der Waals surface area contributed by atoms with Gasteiger partial charge in [-0.05, 0) is 37.0 Å². The molecule has 0 heterocycles. The molecule has 1 aliphatic rings. The maximum atomic E-state index is 11.7. The van der Waals surface area contributed by atoms with Crippen molar-refractivity contribution < 1.29 is 14.3 Å². The smallest absolute Gasteiger partial charge is 0.306 e. The molecular weight excluding hydrogens is 302 g/mol. The second-order valence-corrected chi connectivity index (χ2v) is 6.27. The van der Waals surface area contributed by atoms with Crippen molar-refractivity contribution in [3.63, 3.8) is 0 Å². The van der Waals surface area contributed by atoms with Crippen LogP contribution in [-0.2, 0) is 14.3 Å². The summed E-state index contributed by atoms with van der Waals surface area (Å²) in [6, 6.07) is 5.27. The predicted molar refractivity (Wildman–Crippen MR) is 87.0 cm³/mol. The Morgan fingerprint density at radius 3 is 2.73 bits per heavy atom. The van der Waals surface area contributed by atoms with Gasteiger partial charge < -0.3 is 10.1 Å². The summed E-state index contributed by atoms with van der Waals surface area (Å²) in [7, 11) is 0. The molecule has 5 heteroatoms. The quantitative estimate of drug-likeness (QED) is 0.802. The Kier molecular flexibility index (Phi) is 6.25. The van der Waals surface area contributed by atoms with Gasteiger partial charge in [-0.25, -0.2) is 0 Å². The van der Waals surface area contributed by atoms with E-state index in [1.165, 1.54) is 25.7 Å². The van der Waals surface area contributed by atoms with Crippen molar-refractivity contribution in [2.45, 2.75) is 45.4 Å². The molecule has 0 saturated heterocycles.